The van der Waals surface area contributed by atoms with Gasteiger partial charge in [-0.3, -0.25) is 4.79 Å². The van der Waals surface area contributed by atoms with Crippen molar-refractivity contribution in [1.82, 2.24) is 0 Å². The molecule has 13 heavy (non-hydrogen) atoms. The van der Waals surface area contributed by atoms with Crippen LogP contribution in [0.15, 0.2) is 0 Å². The van der Waals surface area contributed by atoms with Gasteiger partial charge in [0.2, 0.25) is 0 Å². The van der Waals surface area contributed by atoms with Crippen LogP contribution in [0.5, 0.6) is 0 Å². The maximum Gasteiger partial charge on any atom is 0.313 e. The Balaban J connectivity index is 3.60. The molecule has 0 N–H and O–H groups in total. The van der Waals surface area contributed by atoms with Gasteiger partial charge in [0, 0.05) is 0 Å². The Labute approximate surface area is 80.4 Å². The van der Waals surface area contributed by atoms with Crippen LogP contribution in [-0.4, -0.2) is 18.9 Å². The van der Waals surface area contributed by atoms with Gasteiger partial charge in [-0.15, -0.1) is 0 Å². The van der Waals surface area contributed by atoms with E-state index < -0.39 is 5.41 Å². The number of ether oxygens (including phenoxy) is 2. The van der Waals surface area contributed by atoms with Crippen molar-refractivity contribution in [3.05, 3.63) is 0 Å². The van der Waals surface area contributed by atoms with Gasteiger partial charge in [-0.1, -0.05) is 6.92 Å². The van der Waals surface area contributed by atoms with Crippen LogP contribution < -0.4 is 0 Å². The van der Waals surface area contributed by atoms with Crippen molar-refractivity contribution >= 4 is 5.97 Å². The molecule has 0 aromatic carbocycles. The topological polar surface area (TPSA) is 35.5 Å². The van der Waals surface area contributed by atoms with E-state index in [-0.39, 0.29) is 18.9 Å². The van der Waals surface area contributed by atoms with Gasteiger partial charge >= 0.3 is 5.97 Å². The second kappa shape index (κ2) is 5.22. The Morgan fingerprint density at radius 1 is 1.38 bits per heavy atom. The first-order valence-electron chi connectivity index (χ1n) is 4.66. The van der Waals surface area contributed by atoms with E-state index in [1.807, 2.05) is 34.6 Å². The van der Waals surface area contributed by atoms with Crippen LogP contribution in [0.1, 0.15) is 41.0 Å². The Bertz CT molecular complexity index is 158. The lowest BCUT2D eigenvalue weighted by atomic mass is 9.98. The van der Waals surface area contributed by atoms with Gasteiger partial charge in [0.25, 0.3) is 0 Å². The van der Waals surface area contributed by atoms with E-state index in [0.717, 1.165) is 6.42 Å². The van der Waals surface area contributed by atoms with Crippen molar-refractivity contribution in [2.45, 2.75) is 47.1 Å². The summed E-state index contributed by atoms with van der Waals surface area (Å²) in [6, 6.07) is 0. The molecule has 0 aliphatic carbocycles. The van der Waals surface area contributed by atoms with E-state index in [1.165, 1.54) is 0 Å². The molecular formula is C10H20O3. The highest BCUT2D eigenvalue weighted by atomic mass is 16.7. The molecule has 0 saturated heterocycles. The molecule has 0 aliphatic heterocycles. The zero-order chi connectivity index (χ0) is 10.5. The highest BCUT2D eigenvalue weighted by Crippen LogP contribution is 2.15. The normalized spacial score (nSPS) is 13.9. The molecule has 0 fully saturated rings. The maximum absolute atomic E-state index is 11.2. The fraction of sp³-hybridized carbons (Fsp3) is 0.900. The number of rotatable bonds is 4. The molecule has 78 valence electrons. The highest BCUT2D eigenvalue weighted by molar-refractivity contribution is 5.75. The summed E-state index contributed by atoms with van der Waals surface area (Å²) >= 11 is 0. The van der Waals surface area contributed by atoms with Gasteiger partial charge in [-0.25, -0.2) is 0 Å². The number of esters is 1. The van der Waals surface area contributed by atoms with E-state index in [2.05, 4.69) is 0 Å². The first-order valence-corrected chi connectivity index (χ1v) is 4.66. The Kier molecular flexibility index (Phi) is 4.99. The van der Waals surface area contributed by atoms with Crippen LogP contribution in [0, 0.1) is 5.41 Å². The van der Waals surface area contributed by atoms with E-state index in [9.17, 15) is 4.79 Å². The number of hydrogen-bond acceptors (Lipinski definition) is 3. The van der Waals surface area contributed by atoms with Crippen LogP contribution >= 0.6 is 0 Å². The summed E-state index contributed by atoms with van der Waals surface area (Å²) < 4.78 is 10.1. The standard InChI is InChI=1S/C10H20O3/c1-6-8(2)12-7-13-9(11)10(3,4)5/h8H,6-7H2,1-5H3. The quantitative estimate of drug-likeness (QED) is 0.502. The monoisotopic (exact) mass is 188 g/mol. The summed E-state index contributed by atoms with van der Waals surface area (Å²) in [5, 5.41) is 0. The van der Waals surface area contributed by atoms with Crippen molar-refractivity contribution in [3.63, 3.8) is 0 Å². The predicted octanol–water partition coefficient (Wildman–Crippen LogP) is 2.35. The third-order valence-electron chi connectivity index (χ3n) is 1.73. The van der Waals surface area contributed by atoms with Gasteiger partial charge in [-0.2, -0.15) is 0 Å². The minimum Gasteiger partial charge on any atom is -0.438 e. The average Bonchev–Trinajstić information content (AvgIpc) is 2.02. The molecule has 3 nitrogen and oxygen atoms in total. The molecule has 0 heterocycles. The summed E-state index contributed by atoms with van der Waals surface area (Å²) in [4.78, 5) is 11.2. The first kappa shape index (κ1) is 12.4. The summed E-state index contributed by atoms with van der Waals surface area (Å²) in [5.74, 6) is -0.226. The SMILES string of the molecule is CCC(C)OCOC(=O)C(C)(C)C. The lowest BCUT2D eigenvalue weighted by molar-refractivity contribution is -0.169. The molecule has 3 heteroatoms. The van der Waals surface area contributed by atoms with Crippen molar-refractivity contribution in [3.8, 4) is 0 Å². The van der Waals surface area contributed by atoms with E-state index >= 15 is 0 Å². The highest BCUT2D eigenvalue weighted by Gasteiger charge is 2.22. The molecule has 0 spiro atoms. The van der Waals surface area contributed by atoms with Gasteiger partial charge in [-0.05, 0) is 34.1 Å². The van der Waals surface area contributed by atoms with E-state index in [4.69, 9.17) is 9.47 Å². The molecule has 1 atom stereocenters. The molecule has 0 rings (SSSR count). The molecule has 0 aliphatic rings. The second-order valence-electron chi connectivity index (χ2n) is 4.19. The molecule has 0 aromatic rings. The molecule has 0 aromatic heterocycles. The zero-order valence-corrected chi connectivity index (χ0v) is 9.22. The third kappa shape index (κ3) is 5.64. The fourth-order valence-electron chi connectivity index (χ4n) is 0.538. The lowest BCUT2D eigenvalue weighted by Gasteiger charge is -2.17. The molecule has 0 saturated carbocycles. The summed E-state index contributed by atoms with van der Waals surface area (Å²) in [5.41, 5.74) is -0.446. The molecule has 0 amide bonds. The summed E-state index contributed by atoms with van der Waals surface area (Å²) in [6.45, 7) is 9.49. The summed E-state index contributed by atoms with van der Waals surface area (Å²) in [6.07, 6.45) is 1.07. The molecule has 1 unspecified atom stereocenters. The third-order valence-corrected chi connectivity index (χ3v) is 1.73. The average molecular weight is 188 g/mol. The number of carbonyl (C=O) groups excluding carboxylic acids is 1. The van der Waals surface area contributed by atoms with Gasteiger partial charge < -0.3 is 9.47 Å². The number of carbonyl (C=O) groups is 1. The van der Waals surface area contributed by atoms with Crippen molar-refractivity contribution < 1.29 is 14.3 Å². The van der Waals surface area contributed by atoms with Crippen molar-refractivity contribution in [2.24, 2.45) is 5.41 Å². The van der Waals surface area contributed by atoms with Gasteiger partial charge in [0.1, 0.15) is 0 Å². The minimum atomic E-state index is -0.446. The first-order chi connectivity index (χ1) is 5.88. The van der Waals surface area contributed by atoms with Crippen LogP contribution in [0.25, 0.3) is 0 Å². The minimum absolute atomic E-state index is 0.0606. The summed E-state index contributed by atoms with van der Waals surface area (Å²) in [7, 11) is 0. The number of hydrogen-bond donors (Lipinski definition) is 0. The van der Waals surface area contributed by atoms with Crippen LogP contribution in [0.3, 0.4) is 0 Å². The molecule has 0 bridgehead atoms. The van der Waals surface area contributed by atoms with Gasteiger partial charge in [0.05, 0.1) is 11.5 Å². The van der Waals surface area contributed by atoms with Crippen LogP contribution in [0.4, 0.5) is 0 Å². The largest absolute Gasteiger partial charge is 0.438 e. The molecular weight excluding hydrogens is 168 g/mol. The van der Waals surface area contributed by atoms with Crippen LogP contribution in [-0.2, 0) is 14.3 Å². The Hall–Kier alpha value is -0.570. The zero-order valence-electron chi connectivity index (χ0n) is 9.22. The Morgan fingerprint density at radius 2 is 1.92 bits per heavy atom. The van der Waals surface area contributed by atoms with Crippen molar-refractivity contribution in [1.29, 1.82) is 0 Å². The van der Waals surface area contributed by atoms with Crippen molar-refractivity contribution in [2.75, 3.05) is 6.79 Å². The van der Waals surface area contributed by atoms with Gasteiger partial charge in [0.15, 0.2) is 6.79 Å². The predicted molar refractivity (Wildman–Crippen MR) is 51.3 cm³/mol. The second-order valence-corrected chi connectivity index (χ2v) is 4.19. The lowest BCUT2D eigenvalue weighted by Crippen LogP contribution is -2.25. The maximum atomic E-state index is 11.2. The smallest absolute Gasteiger partial charge is 0.313 e. The van der Waals surface area contributed by atoms with E-state index in [0.29, 0.717) is 0 Å². The van der Waals surface area contributed by atoms with E-state index in [1.54, 1.807) is 0 Å². The molecule has 0 radical (unpaired) electrons. The fourth-order valence-corrected chi connectivity index (χ4v) is 0.538. The van der Waals surface area contributed by atoms with Crippen LogP contribution in [0.2, 0.25) is 0 Å². The Morgan fingerprint density at radius 3 is 2.31 bits per heavy atom.